The highest BCUT2D eigenvalue weighted by molar-refractivity contribution is 7.85. The van der Waals surface area contributed by atoms with Crippen LogP contribution in [0.15, 0.2) is 53.4 Å². The molecule has 0 spiro atoms. The van der Waals surface area contributed by atoms with Crippen molar-refractivity contribution < 1.29 is 13.7 Å². The molecule has 21 heavy (non-hydrogen) atoms. The van der Waals surface area contributed by atoms with E-state index in [1.807, 2.05) is 0 Å². The van der Waals surface area contributed by atoms with Crippen LogP contribution >= 0.6 is 11.6 Å². The molecule has 2 aromatic rings. The lowest BCUT2D eigenvalue weighted by Crippen LogP contribution is -2.19. The van der Waals surface area contributed by atoms with E-state index in [0.717, 1.165) is 0 Å². The van der Waals surface area contributed by atoms with E-state index < -0.39 is 10.8 Å². The maximum Gasteiger partial charge on any atom is 0.237 e. The van der Waals surface area contributed by atoms with Crippen molar-refractivity contribution in [2.75, 3.05) is 18.2 Å². The third-order valence-electron chi connectivity index (χ3n) is 2.69. The molecule has 0 radical (unpaired) electrons. The quantitative estimate of drug-likeness (QED) is 0.920. The van der Waals surface area contributed by atoms with E-state index in [4.69, 9.17) is 16.3 Å². The van der Waals surface area contributed by atoms with Crippen LogP contribution in [-0.2, 0) is 15.6 Å². The fourth-order valence-corrected chi connectivity index (χ4v) is 2.90. The van der Waals surface area contributed by atoms with Gasteiger partial charge in [-0.2, -0.15) is 0 Å². The van der Waals surface area contributed by atoms with Gasteiger partial charge < -0.3 is 10.1 Å². The Morgan fingerprint density at radius 3 is 2.57 bits per heavy atom. The SMILES string of the molecule is COc1ccc(NC(=O)C[S@@](=O)c2cccc(Cl)c2)cc1. The Bertz CT molecular complexity index is 658. The molecule has 4 nitrogen and oxygen atoms in total. The third-order valence-corrected chi connectivity index (χ3v) is 4.23. The average molecular weight is 324 g/mol. The monoisotopic (exact) mass is 323 g/mol. The zero-order valence-electron chi connectivity index (χ0n) is 11.3. The predicted octanol–water partition coefficient (Wildman–Crippen LogP) is 3.09. The van der Waals surface area contributed by atoms with Gasteiger partial charge in [0, 0.05) is 15.6 Å². The minimum absolute atomic E-state index is 0.119. The van der Waals surface area contributed by atoms with Crippen molar-refractivity contribution in [3.8, 4) is 5.75 Å². The lowest BCUT2D eigenvalue weighted by atomic mass is 10.3. The summed E-state index contributed by atoms with van der Waals surface area (Å²) >= 11 is 5.84. The zero-order chi connectivity index (χ0) is 15.2. The van der Waals surface area contributed by atoms with Gasteiger partial charge in [-0.3, -0.25) is 9.00 Å². The van der Waals surface area contributed by atoms with Crippen LogP contribution in [0.25, 0.3) is 0 Å². The van der Waals surface area contributed by atoms with Gasteiger partial charge in [-0.25, -0.2) is 0 Å². The first kappa shape index (κ1) is 15.5. The normalized spacial score (nSPS) is 11.7. The van der Waals surface area contributed by atoms with Crippen LogP contribution in [0.5, 0.6) is 5.75 Å². The minimum atomic E-state index is -1.42. The molecule has 1 amide bonds. The summed E-state index contributed by atoms with van der Waals surface area (Å²) in [7, 11) is 0.147. The highest BCUT2D eigenvalue weighted by Crippen LogP contribution is 2.16. The summed E-state index contributed by atoms with van der Waals surface area (Å²) in [6, 6.07) is 13.6. The van der Waals surface area contributed by atoms with E-state index in [9.17, 15) is 9.00 Å². The van der Waals surface area contributed by atoms with E-state index in [1.54, 1.807) is 55.6 Å². The van der Waals surface area contributed by atoms with Gasteiger partial charge in [0.1, 0.15) is 11.5 Å². The summed E-state index contributed by atoms with van der Waals surface area (Å²) in [4.78, 5) is 12.4. The van der Waals surface area contributed by atoms with Crippen LogP contribution in [0, 0.1) is 0 Å². The summed E-state index contributed by atoms with van der Waals surface area (Å²) in [5.41, 5.74) is 0.629. The molecule has 0 aliphatic rings. The van der Waals surface area contributed by atoms with Crippen molar-refractivity contribution in [2.45, 2.75) is 4.90 Å². The Labute approximate surface area is 130 Å². The van der Waals surface area contributed by atoms with Crippen molar-refractivity contribution in [1.82, 2.24) is 0 Å². The fourth-order valence-electron chi connectivity index (χ4n) is 1.68. The van der Waals surface area contributed by atoms with Crippen LogP contribution in [-0.4, -0.2) is 23.0 Å². The molecule has 0 saturated carbocycles. The van der Waals surface area contributed by atoms with Crippen LogP contribution < -0.4 is 10.1 Å². The van der Waals surface area contributed by atoms with E-state index in [2.05, 4.69) is 5.32 Å². The van der Waals surface area contributed by atoms with Gasteiger partial charge >= 0.3 is 0 Å². The van der Waals surface area contributed by atoms with Gasteiger partial charge in [-0.15, -0.1) is 0 Å². The van der Waals surface area contributed by atoms with E-state index >= 15 is 0 Å². The molecule has 110 valence electrons. The highest BCUT2D eigenvalue weighted by Gasteiger charge is 2.11. The second-order valence-corrected chi connectivity index (χ2v) is 6.11. The lowest BCUT2D eigenvalue weighted by molar-refractivity contribution is -0.113. The topological polar surface area (TPSA) is 55.4 Å². The number of halogens is 1. The molecule has 0 unspecified atom stereocenters. The standard InChI is InChI=1S/C15H14ClNO3S/c1-20-13-7-5-12(6-8-13)17-15(18)10-21(19)14-4-2-3-11(16)9-14/h2-9H,10H2,1H3,(H,17,18)/t21-/m1/s1. The number of carbonyl (C=O) groups excluding carboxylic acids is 1. The van der Waals surface area contributed by atoms with Crippen LogP contribution in [0.1, 0.15) is 0 Å². The number of hydrogen-bond acceptors (Lipinski definition) is 3. The molecule has 1 N–H and O–H groups in total. The Morgan fingerprint density at radius 2 is 1.95 bits per heavy atom. The molecule has 0 bridgehead atoms. The number of ether oxygens (including phenoxy) is 1. The molecule has 0 aromatic heterocycles. The maximum absolute atomic E-state index is 12.1. The molecule has 1 atom stereocenters. The molecule has 6 heteroatoms. The van der Waals surface area contributed by atoms with Gasteiger partial charge in [0.15, 0.2) is 0 Å². The second kappa shape index (κ2) is 7.24. The Hall–Kier alpha value is -1.85. The summed E-state index contributed by atoms with van der Waals surface area (Å²) in [6.07, 6.45) is 0. The van der Waals surface area contributed by atoms with Crippen molar-refractivity contribution in [2.24, 2.45) is 0 Å². The van der Waals surface area contributed by atoms with Gasteiger partial charge in [-0.05, 0) is 42.5 Å². The molecule has 0 fully saturated rings. The van der Waals surface area contributed by atoms with E-state index in [0.29, 0.717) is 21.4 Å². The summed E-state index contributed by atoms with van der Waals surface area (Å²) < 4.78 is 17.1. The molecule has 0 heterocycles. The summed E-state index contributed by atoms with van der Waals surface area (Å²) in [6.45, 7) is 0. The van der Waals surface area contributed by atoms with Crippen molar-refractivity contribution in [3.63, 3.8) is 0 Å². The van der Waals surface area contributed by atoms with Crippen LogP contribution in [0.3, 0.4) is 0 Å². The van der Waals surface area contributed by atoms with Gasteiger partial charge in [0.25, 0.3) is 0 Å². The van der Waals surface area contributed by atoms with Crippen molar-refractivity contribution >= 4 is 34.0 Å². The fraction of sp³-hybridized carbons (Fsp3) is 0.133. The van der Waals surface area contributed by atoms with Crippen LogP contribution in [0.2, 0.25) is 5.02 Å². The van der Waals surface area contributed by atoms with E-state index in [-0.39, 0.29) is 11.7 Å². The van der Waals surface area contributed by atoms with Gasteiger partial charge in [0.2, 0.25) is 5.91 Å². The second-order valence-electron chi connectivity index (χ2n) is 4.22. The molecular weight excluding hydrogens is 310 g/mol. The number of amides is 1. The summed E-state index contributed by atoms with van der Waals surface area (Å²) in [5, 5.41) is 3.18. The number of methoxy groups -OCH3 is 1. The molecule has 0 aliphatic heterocycles. The molecule has 2 aromatic carbocycles. The maximum atomic E-state index is 12.1. The summed E-state index contributed by atoms with van der Waals surface area (Å²) in [5.74, 6) is 0.265. The highest BCUT2D eigenvalue weighted by atomic mass is 35.5. The molecule has 0 aliphatic carbocycles. The van der Waals surface area contributed by atoms with Crippen molar-refractivity contribution in [1.29, 1.82) is 0 Å². The predicted molar refractivity (Wildman–Crippen MR) is 84.4 cm³/mol. The third kappa shape index (κ3) is 4.58. The number of hydrogen-bond donors (Lipinski definition) is 1. The Morgan fingerprint density at radius 1 is 1.24 bits per heavy atom. The molecule has 0 saturated heterocycles. The van der Waals surface area contributed by atoms with Crippen molar-refractivity contribution in [3.05, 3.63) is 53.6 Å². The molecular formula is C15H14ClNO3S. The first-order chi connectivity index (χ1) is 10.1. The average Bonchev–Trinajstić information content (AvgIpc) is 2.48. The van der Waals surface area contributed by atoms with Gasteiger partial charge in [0.05, 0.1) is 17.9 Å². The number of benzene rings is 2. The lowest BCUT2D eigenvalue weighted by Gasteiger charge is -2.06. The number of nitrogens with one attached hydrogen (secondary N) is 1. The molecule has 2 rings (SSSR count). The zero-order valence-corrected chi connectivity index (χ0v) is 12.9. The van der Waals surface area contributed by atoms with Crippen LogP contribution in [0.4, 0.5) is 5.69 Å². The largest absolute Gasteiger partial charge is 0.497 e. The number of carbonyl (C=O) groups is 1. The first-order valence-corrected chi connectivity index (χ1v) is 7.86. The first-order valence-electron chi connectivity index (χ1n) is 6.16. The smallest absolute Gasteiger partial charge is 0.237 e. The minimum Gasteiger partial charge on any atom is -0.497 e. The number of rotatable bonds is 5. The number of anilines is 1. The Balaban J connectivity index is 1.96. The van der Waals surface area contributed by atoms with E-state index in [1.165, 1.54) is 0 Å². The van der Waals surface area contributed by atoms with Gasteiger partial charge in [-0.1, -0.05) is 17.7 Å². The Kier molecular flexibility index (Phi) is 5.36.